The fourth-order valence-corrected chi connectivity index (χ4v) is 3.68. The van der Waals surface area contributed by atoms with Crippen molar-refractivity contribution in [2.24, 2.45) is 0 Å². The van der Waals surface area contributed by atoms with Crippen LogP contribution >= 0.6 is 0 Å². The van der Waals surface area contributed by atoms with Crippen molar-refractivity contribution < 1.29 is 27.5 Å². The van der Waals surface area contributed by atoms with E-state index >= 15 is 0 Å². The first-order valence-corrected chi connectivity index (χ1v) is 10.5. The summed E-state index contributed by atoms with van der Waals surface area (Å²) in [6.45, 7) is 0.729. The Balaban J connectivity index is 2.03. The molecular formula is C17H24FN3O5S. The SMILES string of the molecule is CS(=O)(=O)N1CCN(C(=O)[C@H](CCCO)NC(=O)c2ccc(F)cc2)CC1. The van der Waals surface area contributed by atoms with E-state index in [-0.39, 0.29) is 50.7 Å². The monoisotopic (exact) mass is 401 g/mol. The predicted molar refractivity (Wildman–Crippen MR) is 97.0 cm³/mol. The van der Waals surface area contributed by atoms with E-state index in [0.717, 1.165) is 18.4 Å². The molecule has 0 radical (unpaired) electrons. The van der Waals surface area contributed by atoms with Crippen molar-refractivity contribution in [2.75, 3.05) is 39.0 Å². The van der Waals surface area contributed by atoms with Gasteiger partial charge in [-0.3, -0.25) is 9.59 Å². The van der Waals surface area contributed by atoms with Gasteiger partial charge in [-0.25, -0.2) is 12.8 Å². The number of aliphatic hydroxyl groups excluding tert-OH is 1. The Kier molecular flexibility index (Phi) is 7.28. The third-order valence-corrected chi connectivity index (χ3v) is 5.68. The third-order valence-electron chi connectivity index (χ3n) is 4.38. The van der Waals surface area contributed by atoms with Crippen LogP contribution in [0.25, 0.3) is 0 Å². The van der Waals surface area contributed by atoms with E-state index < -0.39 is 27.8 Å². The second-order valence-corrected chi connectivity index (χ2v) is 8.37. The normalized spacial score (nSPS) is 16.8. The van der Waals surface area contributed by atoms with Gasteiger partial charge in [0, 0.05) is 38.3 Å². The van der Waals surface area contributed by atoms with Gasteiger partial charge in [0.15, 0.2) is 0 Å². The van der Waals surface area contributed by atoms with E-state index in [9.17, 15) is 22.4 Å². The standard InChI is InChI=1S/C17H24FN3O5S/c1-27(25,26)21-10-8-20(9-11-21)17(24)15(3-2-12-22)19-16(23)13-4-6-14(18)7-5-13/h4-7,15,22H,2-3,8-12H2,1H3,(H,19,23)/t15-/m0/s1. The van der Waals surface area contributed by atoms with Gasteiger partial charge < -0.3 is 15.3 Å². The summed E-state index contributed by atoms with van der Waals surface area (Å²) in [6.07, 6.45) is 1.69. The average molecular weight is 401 g/mol. The van der Waals surface area contributed by atoms with Crippen LogP contribution in [0.2, 0.25) is 0 Å². The number of sulfonamides is 1. The summed E-state index contributed by atoms with van der Waals surface area (Å²) < 4.78 is 37.5. The van der Waals surface area contributed by atoms with Gasteiger partial charge >= 0.3 is 0 Å². The number of hydrogen-bond acceptors (Lipinski definition) is 5. The third kappa shape index (κ3) is 5.98. The topological polar surface area (TPSA) is 107 Å². The molecule has 2 rings (SSSR count). The minimum absolute atomic E-state index is 0.127. The second kappa shape index (κ2) is 9.25. The van der Waals surface area contributed by atoms with Crippen LogP contribution in [0.15, 0.2) is 24.3 Å². The van der Waals surface area contributed by atoms with Gasteiger partial charge in [0.2, 0.25) is 15.9 Å². The number of piperazine rings is 1. The molecule has 27 heavy (non-hydrogen) atoms. The molecule has 0 aliphatic carbocycles. The van der Waals surface area contributed by atoms with Crippen LogP contribution in [-0.2, 0) is 14.8 Å². The van der Waals surface area contributed by atoms with Gasteiger partial charge in [-0.05, 0) is 37.1 Å². The summed E-state index contributed by atoms with van der Waals surface area (Å²) in [5.74, 6) is -1.31. The quantitative estimate of drug-likeness (QED) is 0.658. The fraction of sp³-hybridized carbons (Fsp3) is 0.529. The van der Waals surface area contributed by atoms with Crippen LogP contribution in [0.4, 0.5) is 4.39 Å². The lowest BCUT2D eigenvalue weighted by Crippen LogP contribution is -2.55. The molecule has 1 heterocycles. The summed E-state index contributed by atoms with van der Waals surface area (Å²) in [5.41, 5.74) is 0.222. The summed E-state index contributed by atoms with van der Waals surface area (Å²) >= 11 is 0. The number of nitrogens with zero attached hydrogens (tertiary/aromatic N) is 2. The Morgan fingerprint density at radius 2 is 1.78 bits per heavy atom. The molecule has 0 unspecified atom stereocenters. The maximum atomic E-state index is 13.0. The molecule has 1 aromatic carbocycles. The van der Waals surface area contributed by atoms with Crippen LogP contribution in [0, 0.1) is 5.82 Å². The molecule has 1 atom stereocenters. The minimum Gasteiger partial charge on any atom is -0.396 e. The van der Waals surface area contributed by atoms with Crippen molar-refractivity contribution in [3.8, 4) is 0 Å². The molecule has 1 saturated heterocycles. The number of rotatable bonds is 7. The van der Waals surface area contributed by atoms with Crippen molar-refractivity contribution in [3.05, 3.63) is 35.6 Å². The zero-order valence-corrected chi connectivity index (χ0v) is 15.9. The van der Waals surface area contributed by atoms with Crippen molar-refractivity contribution >= 4 is 21.8 Å². The molecular weight excluding hydrogens is 377 g/mol. The average Bonchev–Trinajstić information content (AvgIpc) is 2.64. The highest BCUT2D eigenvalue weighted by molar-refractivity contribution is 7.88. The maximum Gasteiger partial charge on any atom is 0.251 e. The highest BCUT2D eigenvalue weighted by Crippen LogP contribution is 2.11. The highest BCUT2D eigenvalue weighted by atomic mass is 32.2. The lowest BCUT2D eigenvalue weighted by molar-refractivity contribution is -0.134. The number of carbonyl (C=O) groups excluding carboxylic acids is 2. The molecule has 0 aromatic heterocycles. The Morgan fingerprint density at radius 3 is 2.30 bits per heavy atom. The number of halogens is 1. The van der Waals surface area contributed by atoms with E-state index in [1.165, 1.54) is 21.3 Å². The predicted octanol–water partition coefficient (Wildman–Crippen LogP) is -0.200. The Labute approximate surface area is 158 Å². The Bertz CT molecular complexity index is 761. The van der Waals surface area contributed by atoms with Gasteiger partial charge in [-0.15, -0.1) is 0 Å². The van der Waals surface area contributed by atoms with E-state index in [1.54, 1.807) is 0 Å². The molecule has 2 amide bonds. The van der Waals surface area contributed by atoms with Crippen LogP contribution in [0.3, 0.4) is 0 Å². The molecule has 0 spiro atoms. The van der Waals surface area contributed by atoms with Crippen LogP contribution in [-0.4, -0.2) is 79.6 Å². The number of benzene rings is 1. The summed E-state index contributed by atoms with van der Waals surface area (Å²) in [4.78, 5) is 26.6. The van der Waals surface area contributed by atoms with E-state index in [4.69, 9.17) is 5.11 Å². The van der Waals surface area contributed by atoms with Gasteiger partial charge in [-0.1, -0.05) is 0 Å². The van der Waals surface area contributed by atoms with Crippen LogP contribution in [0.1, 0.15) is 23.2 Å². The Morgan fingerprint density at radius 1 is 1.19 bits per heavy atom. The molecule has 2 N–H and O–H groups in total. The number of carbonyl (C=O) groups is 2. The zero-order chi connectivity index (χ0) is 20.0. The van der Waals surface area contributed by atoms with Gasteiger partial charge in [0.05, 0.1) is 6.26 Å². The smallest absolute Gasteiger partial charge is 0.251 e. The molecule has 150 valence electrons. The number of nitrogens with one attached hydrogen (secondary N) is 1. The fourth-order valence-electron chi connectivity index (χ4n) is 2.86. The van der Waals surface area contributed by atoms with Crippen molar-refractivity contribution in [1.29, 1.82) is 0 Å². The molecule has 1 aliphatic rings. The lowest BCUT2D eigenvalue weighted by Gasteiger charge is -2.35. The summed E-state index contributed by atoms with van der Waals surface area (Å²) in [6, 6.07) is 4.11. The van der Waals surface area contributed by atoms with Crippen molar-refractivity contribution in [2.45, 2.75) is 18.9 Å². The van der Waals surface area contributed by atoms with Crippen LogP contribution in [0.5, 0.6) is 0 Å². The number of aliphatic hydroxyl groups is 1. The molecule has 1 fully saturated rings. The van der Waals surface area contributed by atoms with Gasteiger partial charge in [0.1, 0.15) is 11.9 Å². The maximum absolute atomic E-state index is 13.0. The highest BCUT2D eigenvalue weighted by Gasteiger charge is 2.30. The van der Waals surface area contributed by atoms with Crippen molar-refractivity contribution in [3.63, 3.8) is 0 Å². The van der Waals surface area contributed by atoms with Crippen LogP contribution < -0.4 is 5.32 Å². The van der Waals surface area contributed by atoms with Gasteiger partial charge in [0.25, 0.3) is 5.91 Å². The first-order valence-electron chi connectivity index (χ1n) is 8.63. The molecule has 0 saturated carbocycles. The zero-order valence-electron chi connectivity index (χ0n) is 15.1. The molecule has 10 heteroatoms. The molecule has 1 aliphatic heterocycles. The second-order valence-electron chi connectivity index (χ2n) is 6.39. The number of amides is 2. The lowest BCUT2D eigenvalue weighted by atomic mass is 10.1. The minimum atomic E-state index is -3.31. The van der Waals surface area contributed by atoms with E-state index in [0.29, 0.717) is 6.42 Å². The first-order chi connectivity index (χ1) is 12.7. The molecule has 1 aromatic rings. The van der Waals surface area contributed by atoms with Gasteiger partial charge in [-0.2, -0.15) is 4.31 Å². The molecule has 0 bridgehead atoms. The van der Waals surface area contributed by atoms with E-state index in [1.807, 2.05) is 0 Å². The summed E-state index contributed by atoms with van der Waals surface area (Å²) in [7, 11) is -3.31. The van der Waals surface area contributed by atoms with E-state index in [2.05, 4.69) is 5.32 Å². The Hall–Kier alpha value is -2.04. The molecule has 8 nitrogen and oxygen atoms in total. The summed E-state index contributed by atoms with van der Waals surface area (Å²) in [5, 5.41) is 11.7. The number of hydrogen-bond donors (Lipinski definition) is 2. The largest absolute Gasteiger partial charge is 0.396 e. The first kappa shape index (κ1) is 21.3. The van der Waals surface area contributed by atoms with Crippen molar-refractivity contribution in [1.82, 2.24) is 14.5 Å².